The highest BCUT2D eigenvalue weighted by atomic mass is 15.1. The van der Waals surface area contributed by atoms with Crippen molar-refractivity contribution < 1.29 is 0 Å². The summed E-state index contributed by atoms with van der Waals surface area (Å²) in [5, 5.41) is 3.56. The summed E-state index contributed by atoms with van der Waals surface area (Å²) in [4.78, 5) is 2.54. The first-order valence-corrected chi connectivity index (χ1v) is 8.08. The topological polar surface area (TPSA) is 15.3 Å². The second kappa shape index (κ2) is 7.08. The fraction of sp³-hybridized carbons (Fsp3) is 1.00. The molecule has 19 heavy (non-hydrogen) atoms. The zero-order chi connectivity index (χ0) is 14.6. The lowest BCUT2D eigenvalue weighted by molar-refractivity contribution is 0.119. The van der Waals surface area contributed by atoms with Crippen molar-refractivity contribution in [1.29, 1.82) is 0 Å². The molecule has 0 aromatic carbocycles. The Balaban J connectivity index is 2.55. The maximum Gasteiger partial charge on any atom is 0.0105 e. The van der Waals surface area contributed by atoms with E-state index >= 15 is 0 Å². The molecule has 0 amide bonds. The van der Waals surface area contributed by atoms with E-state index in [1.807, 2.05) is 0 Å². The summed E-state index contributed by atoms with van der Waals surface area (Å²) in [7, 11) is 4.42. The number of nitrogens with one attached hydrogen (secondary N) is 1. The van der Waals surface area contributed by atoms with E-state index in [-0.39, 0.29) is 0 Å². The lowest BCUT2D eigenvalue weighted by Crippen LogP contribution is -2.45. The monoisotopic (exact) mass is 268 g/mol. The van der Waals surface area contributed by atoms with Crippen LogP contribution in [0.1, 0.15) is 53.9 Å². The van der Waals surface area contributed by atoms with Crippen LogP contribution in [-0.4, -0.2) is 38.1 Å². The molecule has 0 aliphatic heterocycles. The maximum absolute atomic E-state index is 3.56. The lowest BCUT2D eigenvalue weighted by Gasteiger charge is -2.40. The molecular weight excluding hydrogens is 232 g/mol. The van der Waals surface area contributed by atoms with E-state index in [9.17, 15) is 0 Å². The molecule has 0 aromatic rings. The normalized spacial score (nSPS) is 29.2. The number of nitrogens with zero attached hydrogens (tertiary/aromatic N) is 1. The molecule has 0 saturated heterocycles. The van der Waals surface area contributed by atoms with Gasteiger partial charge in [0.05, 0.1) is 0 Å². The minimum atomic E-state index is 0.399. The van der Waals surface area contributed by atoms with E-state index in [2.05, 4.69) is 58.9 Å². The van der Waals surface area contributed by atoms with Gasteiger partial charge in [0.1, 0.15) is 0 Å². The third kappa shape index (κ3) is 5.83. The van der Waals surface area contributed by atoms with E-state index in [1.165, 1.54) is 32.4 Å². The Labute approximate surface area is 121 Å². The third-order valence-corrected chi connectivity index (χ3v) is 4.63. The van der Waals surface area contributed by atoms with Crippen molar-refractivity contribution >= 4 is 0 Å². The Hall–Kier alpha value is -0.0800. The molecule has 2 nitrogen and oxygen atoms in total. The van der Waals surface area contributed by atoms with Crippen LogP contribution in [0, 0.1) is 23.2 Å². The van der Waals surface area contributed by atoms with Gasteiger partial charge in [0.15, 0.2) is 0 Å². The Kier molecular flexibility index (Phi) is 6.32. The second-order valence-electron chi connectivity index (χ2n) is 8.23. The van der Waals surface area contributed by atoms with Crippen molar-refractivity contribution in [3.63, 3.8) is 0 Å². The van der Waals surface area contributed by atoms with Crippen LogP contribution in [0.25, 0.3) is 0 Å². The third-order valence-electron chi connectivity index (χ3n) is 4.63. The lowest BCUT2D eigenvalue weighted by atomic mass is 9.73. The van der Waals surface area contributed by atoms with Crippen LogP contribution < -0.4 is 5.32 Å². The van der Waals surface area contributed by atoms with Crippen molar-refractivity contribution in [2.75, 3.05) is 27.2 Å². The first-order chi connectivity index (χ1) is 8.73. The largest absolute Gasteiger partial charge is 0.317 e. The molecule has 0 radical (unpaired) electrons. The van der Waals surface area contributed by atoms with Gasteiger partial charge in [-0.15, -0.1) is 0 Å². The first kappa shape index (κ1) is 17.0. The van der Waals surface area contributed by atoms with Crippen LogP contribution in [0.2, 0.25) is 0 Å². The standard InChI is InChI=1S/C17H36N2/c1-13(2)14-8-9-16(18-6)15(10-14)11-19(7)12-17(3,4)5/h13-16,18H,8-12H2,1-7H3. The van der Waals surface area contributed by atoms with Crippen LogP contribution in [0.3, 0.4) is 0 Å². The highest BCUT2D eigenvalue weighted by molar-refractivity contribution is 4.87. The summed E-state index contributed by atoms with van der Waals surface area (Å²) < 4.78 is 0. The maximum atomic E-state index is 3.56. The SMILES string of the molecule is CNC1CCC(C(C)C)CC1CN(C)CC(C)(C)C. The fourth-order valence-electron chi connectivity index (χ4n) is 3.76. The van der Waals surface area contributed by atoms with Gasteiger partial charge in [0, 0.05) is 19.1 Å². The van der Waals surface area contributed by atoms with Crippen LogP contribution in [-0.2, 0) is 0 Å². The van der Waals surface area contributed by atoms with Gasteiger partial charge >= 0.3 is 0 Å². The smallest absolute Gasteiger partial charge is 0.0105 e. The van der Waals surface area contributed by atoms with Crippen molar-refractivity contribution in [3.05, 3.63) is 0 Å². The Morgan fingerprint density at radius 1 is 1.21 bits per heavy atom. The molecule has 1 saturated carbocycles. The summed E-state index contributed by atoms with van der Waals surface area (Å²) in [6.07, 6.45) is 4.16. The summed E-state index contributed by atoms with van der Waals surface area (Å²) >= 11 is 0. The van der Waals surface area contributed by atoms with Gasteiger partial charge < -0.3 is 10.2 Å². The molecule has 1 aliphatic carbocycles. The van der Waals surface area contributed by atoms with Gasteiger partial charge in [-0.25, -0.2) is 0 Å². The summed E-state index contributed by atoms with van der Waals surface area (Å²) in [6.45, 7) is 14.2. The van der Waals surface area contributed by atoms with E-state index in [4.69, 9.17) is 0 Å². The first-order valence-electron chi connectivity index (χ1n) is 8.08. The molecule has 3 unspecified atom stereocenters. The summed E-state index contributed by atoms with van der Waals surface area (Å²) in [5.41, 5.74) is 0.399. The Morgan fingerprint density at radius 3 is 2.32 bits per heavy atom. The number of hydrogen-bond donors (Lipinski definition) is 1. The van der Waals surface area contributed by atoms with Crippen LogP contribution in [0.5, 0.6) is 0 Å². The van der Waals surface area contributed by atoms with Gasteiger partial charge in [-0.3, -0.25) is 0 Å². The molecule has 1 rings (SSSR count). The van der Waals surface area contributed by atoms with E-state index in [0.29, 0.717) is 5.41 Å². The molecule has 3 atom stereocenters. The van der Waals surface area contributed by atoms with E-state index in [0.717, 1.165) is 23.8 Å². The molecule has 1 fully saturated rings. The van der Waals surface area contributed by atoms with Crippen LogP contribution >= 0.6 is 0 Å². The predicted octanol–water partition coefficient (Wildman–Crippen LogP) is 3.62. The average molecular weight is 268 g/mol. The van der Waals surface area contributed by atoms with Crippen molar-refractivity contribution in [2.24, 2.45) is 23.2 Å². The molecule has 1 aliphatic rings. The van der Waals surface area contributed by atoms with Crippen molar-refractivity contribution in [1.82, 2.24) is 10.2 Å². The molecule has 2 heteroatoms. The highest BCUT2D eigenvalue weighted by Crippen LogP contribution is 2.34. The van der Waals surface area contributed by atoms with Gasteiger partial charge in [-0.1, -0.05) is 34.6 Å². The summed E-state index contributed by atoms with van der Waals surface area (Å²) in [6, 6.07) is 0.720. The van der Waals surface area contributed by atoms with E-state index in [1.54, 1.807) is 0 Å². The van der Waals surface area contributed by atoms with Gasteiger partial charge in [-0.2, -0.15) is 0 Å². The van der Waals surface area contributed by atoms with Crippen LogP contribution in [0.15, 0.2) is 0 Å². The van der Waals surface area contributed by atoms with Gasteiger partial charge in [0.2, 0.25) is 0 Å². The quantitative estimate of drug-likeness (QED) is 0.819. The number of rotatable bonds is 5. The summed E-state index contributed by atoms with van der Waals surface area (Å²) in [5.74, 6) is 2.59. The van der Waals surface area contributed by atoms with Crippen molar-refractivity contribution in [3.8, 4) is 0 Å². The second-order valence-corrected chi connectivity index (χ2v) is 8.23. The highest BCUT2D eigenvalue weighted by Gasteiger charge is 2.31. The number of hydrogen-bond acceptors (Lipinski definition) is 2. The molecule has 0 spiro atoms. The zero-order valence-corrected chi connectivity index (χ0v) is 14.3. The molecule has 1 N–H and O–H groups in total. The molecular formula is C17H36N2. The molecule has 0 bridgehead atoms. The predicted molar refractivity (Wildman–Crippen MR) is 85.5 cm³/mol. The van der Waals surface area contributed by atoms with E-state index < -0.39 is 0 Å². The molecule has 114 valence electrons. The minimum Gasteiger partial charge on any atom is -0.317 e. The average Bonchev–Trinajstić information content (AvgIpc) is 2.26. The Bertz CT molecular complexity index is 254. The van der Waals surface area contributed by atoms with Crippen LogP contribution in [0.4, 0.5) is 0 Å². The zero-order valence-electron chi connectivity index (χ0n) is 14.3. The molecule has 0 aromatic heterocycles. The van der Waals surface area contributed by atoms with Crippen molar-refractivity contribution in [2.45, 2.75) is 59.9 Å². The van der Waals surface area contributed by atoms with Gasteiger partial charge in [-0.05, 0) is 56.5 Å². The Morgan fingerprint density at radius 2 is 1.84 bits per heavy atom. The van der Waals surface area contributed by atoms with Gasteiger partial charge in [0.25, 0.3) is 0 Å². The molecule has 0 heterocycles. The fourth-order valence-corrected chi connectivity index (χ4v) is 3.76. The minimum absolute atomic E-state index is 0.399.